The molecule has 0 unspecified atom stereocenters. The molecule has 1 aliphatic rings. The van der Waals surface area contributed by atoms with E-state index in [9.17, 15) is 0 Å². The molecule has 0 amide bonds. The van der Waals surface area contributed by atoms with Crippen LogP contribution in [0.3, 0.4) is 0 Å². The van der Waals surface area contributed by atoms with E-state index in [4.69, 9.17) is 4.98 Å². The van der Waals surface area contributed by atoms with E-state index in [0.29, 0.717) is 0 Å². The first-order valence-electron chi connectivity index (χ1n) is 19.2. The van der Waals surface area contributed by atoms with E-state index in [2.05, 4.69) is 196 Å². The number of rotatable bonds is 3. The average Bonchev–Trinajstić information content (AvgIpc) is 3.37. The second-order valence-electron chi connectivity index (χ2n) is 17.6. The van der Waals surface area contributed by atoms with Crippen molar-refractivity contribution in [1.82, 2.24) is 9.97 Å². The molecule has 0 fully saturated rings. The molecule has 2 heterocycles. The summed E-state index contributed by atoms with van der Waals surface area (Å²) in [6.07, 6.45) is 3.93. The molecule has 1 radical (unpaired) electrons. The third-order valence-electron chi connectivity index (χ3n) is 11.0. The molecule has 0 aliphatic heterocycles. The van der Waals surface area contributed by atoms with E-state index >= 15 is 0 Å². The third-order valence-corrected chi connectivity index (χ3v) is 11.0. The summed E-state index contributed by atoms with van der Waals surface area (Å²) in [6, 6.07) is 43.9. The zero-order chi connectivity index (χ0) is 38.6. The predicted molar refractivity (Wildman–Crippen MR) is 229 cm³/mol. The molecule has 55 heavy (non-hydrogen) atoms. The van der Waals surface area contributed by atoms with E-state index in [-0.39, 0.29) is 36.4 Å². The Morgan fingerprint density at radius 1 is 0.618 bits per heavy atom. The molecule has 2 aromatic heterocycles. The summed E-state index contributed by atoms with van der Waals surface area (Å²) in [5.74, 6) is 0. The van der Waals surface area contributed by atoms with Gasteiger partial charge in [-0.25, -0.2) is 0 Å². The zero-order valence-corrected chi connectivity index (χ0v) is 36.6. The SMILES string of the molecule is CC(C)(C)c1c[c-]c(-c2ccc(C(C)(C)C)cn2)cc1.Cc1cc(C)c(-c2cc[c-]c(-c3nccc4c3C(C)(C)c3c-4ccc4ccccc34)c2)c(C)c1.[Ir]. The Kier molecular flexibility index (Phi) is 11.0. The van der Waals surface area contributed by atoms with Crippen LogP contribution < -0.4 is 0 Å². The van der Waals surface area contributed by atoms with Crippen LogP contribution in [0.4, 0.5) is 0 Å². The number of aromatic nitrogens is 2. The number of nitrogens with zero attached hydrogens (tertiary/aromatic N) is 2. The van der Waals surface area contributed by atoms with Gasteiger partial charge in [-0.15, -0.1) is 70.8 Å². The summed E-state index contributed by atoms with van der Waals surface area (Å²) in [5.41, 5.74) is 18.6. The third kappa shape index (κ3) is 7.75. The summed E-state index contributed by atoms with van der Waals surface area (Å²) in [7, 11) is 0. The van der Waals surface area contributed by atoms with Gasteiger partial charge in [0.1, 0.15) is 0 Å². The van der Waals surface area contributed by atoms with Gasteiger partial charge in [0.15, 0.2) is 0 Å². The first-order valence-corrected chi connectivity index (χ1v) is 19.2. The van der Waals surface area contributed by atoms with Gasteiger partial charge in [0, 0.05) is 37.9 Å². The summed E-state index contributed by atoms with van der Waals surface area (Å²) in [5, 5.41) is 2.62. The number of hydrogen-bond acceptors (Lipinski definition) is 2. The number of fused-ring (bicyclic) bond motifs is 5. The van der Waals surface area contributed by atoms with E-state index in [1.165, 1.54) is 72.0 Å². The van der Waals surface area contributed by atoms with Gasteiger partial charge in [-0.05, 0) is 104 Å². The summed E-state index contributed by atoms with van der Waals surface area (Å²) < 4.78 is 0. The van der Waals surface area contributed by atoms with E-state index < -0.39 is 0 Å². The minimum absolute atomic E-state index is 0. The van der Waals surface area contributed by atoms with Crippen molar-refractivity contribution in [3.63, 3.8) is 0 Å². The molecule has 1 aliphatic carbocycles. The van der Waals surface area contributed by atoms with Crippen LogP contribution in [0.25, 0.3) is 55.5 Å². The van der Waals surface area contributed by atoms with Crippen molar-refractivity contribution in [3.05, 3.63) is 167 Å². The normalized spacial score (nSPS) is 13.0. The molecule has 3 heteroatoms. The van der Waals surface area contributed by atoms with Crippen molar-refractivity contribution < 1.29 is 20.1 Å². The van der Waals surface area contributed by atoms with Crippen LogP contribution in [0.15, 0.2) is 116 Å². The van der Waals surface area contributed by atoms with Gasteiger partial charge in [-0.1, -0.05) is 122 Å². The quantitative estimate of drug-likeness (QED) is 0.165. The Balaban J connectivity index is 0.000000211. The fourth-order valence-corrected chi connectivity index (χ4v) is 8.26. The molecule has 0 N–H and O–H groups in total. The molecule has 5 aromatic carbocycles. The minimum Gasteiger partial charge on any atom is -0.304 e. The molecule has 0 saturated heterocycles. The summed E-state index contributed by atoms with van der Waals surface area (Å²) in [4.78, 5) is 9.52. The molecule has 0 atom stereocenters. The first-order chi connectivity index (χ1) is 25.5. The van der Waals surface area contributed by atoms with Crippen molar-refractivity contribution in [3.8, 4) is 44.8 Å². The van der Waals surface area contributed by atoms with Gasteiger partial charge in [0.25, 0.3) is 0 Å². The van der Waals surface area contributed by atoms with Crippen molar-refractivity contribution >= 4 is 10.8 Å². The fraction of sp³-hybridized carbons (Fsp3) is 0.269. The largest absolute Gasteiger partial charge is 0.304 e. The average molecular weight is 897 g/mol. The molecule has 281 valence electrons. The first kappa shape index (κ1) is 40.0. The Morgan fingerprint density at radius 3 is 1.93 bits per heavy atom. The molecule has 8 rings (SSSR count). The topological polar surface area (TPSA) is 25.8 Å². The standard InChI is InChI=1S/C33H28N.C19H24N.Ir/c1-20-17-21(2)29(22(3)18-20)24-10-8-11-25(19-24)32-31-28(15-16-34-32)27-14-13-23-9-6-7-12-26(23)30(27)33(31,4)5;1-18(2,3)15-9-7-14(8-10-15)17-12-11-16(13-20-17)19(4,5)6;/h6-10,12-19H,1-5H3;7,9-13H,1-6H3;/q2*-1;. The van der Waals surface area contributed by atoms with Crippen LogP contribution in [-0.2, 0) is 36.4 Å². The second-order valence-corrected chi connectivity index (χ2v) is 17.6. The summed E-state index contributed by atoms with van der Waals surface area (Å²) in [6.45, 7) is 24.5. The van der Waals surface area contributed by atoms with Crippen LogP contribution in [0.2, 0.25) is 0 Å². The van der Waals surface area contributed by atoms with Crippen LogP contribution in [0.1, 0.15) is 94.3 Å². The zero-order valence-electron chi connectivity index (χ0n) is 34.2. The Labute approximate surface area is 342 Å². The molecule has 2 nitrogen and oxygen atoms in total. The number of hydrogen-bond donors (Lipinski definition) is 0. The molecule has 7 aromatic rings. The van der Waals surface area contributed by atoms with Crippen LogP contribution in [0, 0.1) is 32.9 Å². The van der Waals surface area contributed by atoms with Gasteiger partial charge < -0.3 is 9.97 Å². The smallest absolute Gasteiger partial charge is 0.0198 e. The van der Waals surface area contributed by atoms with Crippen LogP contribution in [-0.4, -0.2) is 9.97 Å². The molecule has 0 bridgehead atoms. The minimum atomic E-state index is -0.158. The Bertz CT molecular complexity index is 2410. The maximum Gasteiger partial charge on any atom is 0.0198 e. The number of benzene rings is 5. The number of pyridine rings is 2. The van der Waals surface area contributed by atoms with E-state index in [0.717, 1.165) is 22.5 Å². The maximum atomic E-state index is 4.94. The maximum absolute atomic E-state index is 4.94. The van der Waals surface area contributed by atoms with Crippen molar-refractivity contribution in [2.45, 2.75) is 92.4 Å². The molecular formula is C52H52IrN2-2. The van der Waals surface area contributed by atoms with Crippen LogP contribution >= 0.6 is 0 Å². The van der Waals surface area contributed by atoms with Crippen LogP contribution in [0.5, 0.6) is 0 Å². The monoisotopic (exact) mass is 897 g/mol. The fourth-order valence-electron chi connectivity index (χ4n) is 8.26. The molecular weight excluding hydrogens is 845 g/mol. The van der Waals surface area contributed by atoms with Crippen molar-refractivity contribution in [2.24, 2.45) is 0 Å². The Hall–Kier alpha value is -4.69. The van der Waals surface area contributed by atoms with Gasteiger partial charge in [-0.2, -0.15) is 0 Å². The molecule has 0 spiro atoms. The van der Waals surface area contributed by atoms with E-state index in [1.807, 2.05) is 12.4 Å². The predicted octanol–water partition coefficient (Wildman–Crippen LogP) is 13.7. The molecule has 0 saturated carbocycles. The van der Waals surface area contributed by atoms with Gasteiger partial charge in [0.05, 0.1) is 0 Å². The van der Waals surface area contributed by atoms with Gasteiger partial charge in [-0.3, -0.25) is 0 Å². The van der Waals surface area contributed by atoms with E-state index in [1.54, 1.807) is 0 Å². The van der Waals surface area contributed by atoms with Crippen molar-refractivity contribution in [2.75, 3.05) is 0 Å². The van der Waals surface area contributed by atoms with Gasteiger partial charge >= 0.3 is 0 Å². The second kappa shape index (κ2) is 15.1. The Morgan fingerprint density at radius 2 is 1.29 bits per heavy atom. The van der Waals surface area contributed by atoms with Gasteiger partial charge in [0.2, 0.25) is 0 Å². The summed E-state index contributed by atoms with van der Waals surface area (Å²) >= 11 is 0. The van der Waals surface area contributed by atoms with Crippen molar-refractivity contribution in [1.29, 1.82) is 0 Å². The number of aryl methyl sites for hydroxylation is 3.